The van der Waals surface area contributed by atoms with E-state index in [1.54, 1.807) is 0 Å². The van der Waals surface area contributed by atoms with Gasteiger partial charge in [-0.2, -0.15) is 4.98 Å². The molecule has 25 heavy (non-hydrogen) atoms. The molecular weight excluding hydrogens is 340 g/mol. The highest BCUT2D eigenvalue weighted by Gasteiger charge is 2.36. The Balaban J connectivity index is 1.71. The van der Waals surface area contributed by atoms with Crippen molar-refractivity contribution in [3.8, 4) is 11.4 Å². The lowest BCUT2D eigenvalue weighted by atomic mass is 10.1. The van der Waals surface area contributed by atoms with Crippen molar-refractivity contribution in [1.29, 1.82) is 0 Å². The van der Waals surface area contributed by atoms with Crippen LogP contribution in [0, 0.1) is 6.92 Å². The van der Waals surface area contributed by atoms with Gasteiger partial charge in [0, 0.05) is 18.2 Å². The lowest BCUT2D eigenvalue weighted by Gasteiger charge is -2.14. The van der Waals surface area contributed by atoms with Crippen LogP contribution in [-0.4, -0.2) is 48.8 Å². The van der Waals surface area contributed by atoms with E-state index in [4.69, 9.17) is 4.52 Å². The molecule has 0 radical (unpaired) electrons. The summed E-state index contributed by atoms with van der Waals surface area (Å²) in [5.74, 6) is 1.23. The smallest absolute Gasteiger partial charge is 0.244 e. The van der Waals surface area contributed by atoms with E-state index in [2.05, 4.69) is 14.9 Å². The van der Waals surface area contributed by atoms with E-state index in [0.717, 1.165) is 5.56 Å². The number of rotatable bonds is 6. The van der Waals surface area contributed by atoms with Crippen molar-refractivity contribution < 1.29 is 12.9 Å². The van der Waals surface area contributed by atoms with Crippen LogP contribution in [0.4, 0.5) is 0 Å². The SMILES string of the molecule is CCCS(=O)(=O)NC1CC(c2nc(-c3ccc(C)cc3)no2)N(C)C1. The van der Waals surface area contributed by atoms with Crippen LogP contribution in [0.3, 0.4) is 0 Å². The van der Waals surface area contributed by atoms with E-state index < -0.39 is 10.0 Å². The molecule has 2 unspecified atom stereocenters. The Morgan fingerprint density at radius 1 is 1.32 bits per heavy atom. The predicted octanol–water partition coefficient (Wildman–Crippen LogP) is 2.12. The van der Waals surface area contributed by atoms with Crippen molar-refractivity contribution in [2.45, 2.75) is 38.8 Å². The molecule has 2 aromatic rings. The zero-order valence-corrected chi connectivity index (χ0v) is 15.6. The quantitative estimate of drug-likeness (QED) is 0.845. The van der Waals surface area contributed by atoms with E-state index in [1.807, 2.05) is 50.1 Å². The van der Waals surface area contributed by atoms with Crippen molar-refractivity contribution in [3.63, 3.8) is 0 Å². The maximum atomic E-state index is 12.0. The molecule has 0 aliphatic carbocycles. The highest BCUT2D eigenvalue weighted by atomic mass is 32.2. The van der Waals surface area contributed by atoms with E-state index in [1.165, 1.54) is 5.56 Å². The lowest BCUT2D eigenvalue weighted by Crippen LogP contribution is -2.37. The summed E-state index contributed by atoms with van der Waals surface area (Å²) in [4.78, 5) is 6.56. The Kier molecular flexibility index (Phi) is 5.21. The number of likely N-dealkylation sites (tertiary alicyclic amines) is 1. The van der Waals surface area contributed by atoms with Gasteiger partial charge in [0.15, 0.2) is 0 Å². The molecule has 0 bridgehead atoms. The number of aromatic nitrogens is 2. The van der Waals surface area contributed by atoms with E-state index in [-0.39, 0.29) is 17.8 Å². The molecule has 1 fully saturated rings. The molecule has 0 saturated carbocycles. The normalized spacial score (nSPS) is 21.7. The molecule has 1 aliphatic rings. The molecule has 2 heterocycles. The number of aryl methyl sites for hydroxylation is 1. The first-order valence-electron chi connectivity index (χ1n) is 8.49. The third-order valence-electron chi connectivity index (χ3n) is 4.40. The fourth-order valence-corrected chi connectivity index (χ4v) is 4.48. The minimum Gasteiger partial charge on any atom is -0.337 e. The molecular formula is C17H24N4O3S. The van der Waals surface area contributed by atoms with Gasteiger partial charge in [0.2, 0.25) is 21.7 Å². The number of hydrogen-bond donors (Lipinski definition) is 1. The zero-order valence-electron chi connectivity index (χ0n) is 14.8. The van der Waals surface area contributed by atoms with Gasteiger partial charge in [-0.25, -0.2) is 13.1 Å². The maximum absolute atomic E-state index is 12.0. The van der Waals surface area contributed by atoms with E-state index in [9.17, 15) is 8.42 Å². The van der Waals surface area contributed by atoms with Crippen molar-refractivity contribution in [1.82, 2.24) is 19.8 Å². The average Bonchev–Trinajstić information content (AvgIpc) is 3.14. The summed E-state index contributed by atoms with van der Waals surface area (Å²) in [5.41, 5.74) is 2.08. The van der Waals surface area contributed by atoms with Crippen LogP contribution in [0.1, 0.15) is 37.3 Å². The molecule has 1 aromatic carbocycles. The third kappa shape index (κ3) is 4.26. The summed E-state index contributed by atoms with van der Waals surface area (Å²) >= 11 is 0. The molecule has 0 spiro atoms. The van der Waals surface area contributed by atoms with Crippen molar-refractivity contribution in [3.05, 3.63) is 35.7 Å². The molecule has 136 valence electrons. The van der Waals surface area contributed by atoms with Crippen molar-refractivity contribution in [2.75, 3.05) is 19.3 Å². The van der Waals surface area contributed by atoms with E-state index >= 15 is 0 Å². The largest absolute Gasteiger partial charge is 0.337 e. The zero-order chi connectivity index (χ0) is 18.0. The first-order valence-corrected chi connectivity index (χ1v) is 10.1. The number of likely N-dealkylation sites (N-methyl/N-ethyl adjacent to an activating group) is 1. The molecule has 8 heteroatoms. The van der Waals surface area contributed by atoms with Gasteiger partial charge < -0.3 is 4.52 Å². The molecule has 3 rings (SSSR count). The van der Waals surface area contributed by atoms with Gasteiger partial charge in [0.05, 0.1) is 11.8 Å². The van der Waals surface area contributed by atoms with Crippen LogP contribution < -0.4 is 4.72 Å². The standard InChI is InChI=1S/C17H24N4O3S/c1-4-9-25(22,23)20-14-10-15(21(3)11-14)17-18-16(19-24-17)13-7-5-12(2)6-8-13/h5-8,14-15,20H,4,9-11H2,1-3H3. The fraction of sp³-hybridized carbons (Fsp3) is 0.529. The summed E-state index contributed by atoms with van der Waals surface area (Å²) in [7, 11) is -1.29. The maximum Gasteiger partial charge on any atom is 0.244 e. The summed E-state index contributed by atoms with van der Waals surface area (Å²) < 4.78 is 32.2. The second-order valence-corrected chi connectivity index (χ2v) is 8.52. The van der Waals surface area contributed by atoms with Gasteiger partial charge in [-0.15, -0.1) is 0 Å². The molecule has 1 aromatic heterocycles. The summed E-state index contributed by atoms with van der Waals surface area (Å²) in [6, 6.07) is 7.72. The fourth-order valence-electron chi connectivity index (χ4n) is 3.15. The van der Waals surface area contributed by atoms with Crippen molar-refractivity contribution >= 4 is 10.0 Å². The number of nitrogens with one attached hydrogen (secondary N) is 1. The topological polar surface area (TPSA) is 88.3 Å². The van der Waals surface area contributed by atoms with Crippen LogP contribution in [0.5, 0.6) is 0 Å². The highest BCUT2D eigenvalue weighted by molar-refractivity contribution is 7.89. The first-order chi connectivity index (χ1) is 11.9. The Bertz CT molecular complexity index is 817. The number of sulfonamides is 1. The third-order valence-corrected chi connectivity index (χ3v) is 6.04. The van der Waals surface area contributed by atoms with E-state index in [0.29, 0.717) is 31.1 Å². The first kappa shape index (κ1) is 18.0. The second-order valence-electron chi connectivity index (χ2n) is 6.65. The van der Waals surface area contributed by atoms with Crippen LogP contribution in [0.15, 0.2) is 28.8 Å². The Hall–Kier alpha value is -1.77. The monoisotopic (exact) mass is 364 g/mol. The van der Waals surface area contributed by atoms with Crippen LogP contribution in [0.2, 0.25) is 0 Å². The number of benzene rings is 1. The van der Waals surface area contributed by atoms with Gasteiger partial charge in [0.25, 0.3) is 0 Å². The van der Waals surface area contributed by atoms with Gasteiger partial charge >= 0.3 is 0 Å². The highest BCUT2D eigenvalue weighted by Crippen LogP contribution is 2.31. The summed E-state index contributed by atoms with van der Waals surface area (Å²) in [5, 5.41) is 4.07. The predicted molar refractivity (Wildman–Crippen MR) is 95.5 cm³/mol. The molecule has 1 N–H and O–H groups in total. The summed E-state index contributed by atoms with van der Waals surface area (Å²) in [6.07, 6.45) is 1.22. The van der Waals surface area contributed by atoms with Gasteiger partial charge in [-0.3, -0.25) is 4.90 Å². The summed E-state index contributed by atoms with van der Waals surface area (Å²) in [6.45, 7) is 4.50. The second kappa shape index (κ2) is 7.23. The van der Waals surface area contributed by atoms with Gasteiger partial charge in [-0.05, 0) is 26.8 Å². The van der Waals surface area contributed by atoms with Crippen LogP contribution in [-0.2, 0) is 10.0 Å². The van der Waals surface area contributed by atoms with Crippen LogP contribution in [0.25, 0.3) is 11.4 Å². The van der Waals surface area contributed by atoms with Gasteiger partial charge in [-0.1, -0.05) is 41.9 Å². The minimum atomic E-state index is -3.23. The Labute approximate surface area is 148 Å². The lowest BCUT2D eigenvalue weighted by molar-refractivity contribution is 0.244. The average molecular weight is 364 g/mol. The molecule has 7 nitrogen and oxygen atoms in total. The Morgan fingerprint density at radius 2 is 2.04 bits per heavy atom. The van der Waals surface area contributed by atoms with Crippen molar-refractivity contribution in [2.24, 2.45) is 0 Å². The molecule has 1 saturated heterocycles. The molecule has 2 atom stereocenters. The van der Waals surface area contributed by atoms with Crippen LogP contribution >= 0.6 is 0 Å². The number of nitrogens with zero attached hydrogens (tertiary/aromatic N) is 3. The van der Waals surface area contributed by atoms with Gasteiger partial charge in [0.1, 0.15) is 0 Å². The number of hydrogen-bond acceptors (Lipinski definition) is 6. The molecule has 0 amide bonds. The molecule has 1 aliphatic heterocycles. The Morgan fingerprint density at radius 3 is 2.72 bits per heavy atom. The minimum absolute atomic E-state index is 0.0824.